The molecule has 0 heterocycles. The van der Waals surface area contributed by atoms with Crippen LogP contribution in [0.4, 0.5) is 5.69 Å². The third kappa shape index (κ3) is 6.66. The maximum atomic E-state index is 12.6. The number of hydrogen-bond donors (Lipinski definition) is 1. The van der Waals surface area contributed by atoms with Crippen molar-refractivity contribution in [2.24, 2.45) is 0 Å². The van der Waals surface area contributed by atoms with Crippen molar-refractivity contribution in [3.63, 3.8) is 0 Å². The number of carbonyl (C=O) groups is 1. The Hall–Kier alpha value is -3.17. The number of benzene rings is 3. The van der Waals surface area contributed by atoms with Crippen molar-refractivity contribution >= 4 is 52.5 Å². The predicted molar refractivity (Wildman–Crippen MR) is 132 cm³/mol. The number of nitrogens with zero attached hydrogens (tertiary/aromatic N) is 1. The minimum atomic E-state index is -0.576. The van der Waals surface area contributed by atoms with E-state index in [2.05, 4.69) is 5.32 Å². The van der Waals surface area contributed by atoms with Crippen LogP contribution >= 0.6 is 34.8 Å². The van der Waals surface area contributed by atoms with Crippen LogP contribution < -0.4 is 14.8 Å². The molecule has 0 saturated heterocycles. The summed E-state index contributed by atoms with van der Waals surface area (Å²) < 4.78 is 11.6. The number of carbonyl (C=O) groups excluding carboxylic acids is 1. The van der Waals surface area contributed by atoms with E-state index in [9.17, 15) is 10.1 Å². The molecule has 0 atom stereocenters. The Bertz CT molecular complexity index is 1240. The molecule has 0 aliphatic heterocycles. The molecule has 0 fully saturated rings. The first-order valence-corrected chi connectivity index (χ1v) is 11.1. The van der Waals surface area contributed by atoms with Gasteiger partial charge in [-0.3, -0.25) is 4.79 Å². The van der Waals surface area contributed by atoms with Crippen LogP contribution in [0.1, 0.15) is 18.1 Å². The minimum Gasteiger partial charge on any atom is -0.490 e. The monoisotopic (exact) mass is 500 g/mol. The van der Waals surface area contributed by atoms with E-state index < -0.39 is 5.91 Å². The van der Waals surface area contributed by atoms with E-state index in [4.69, 9.17) is 44.3 Å². The van der Waals surface area contributed by atoms with Crippen LogP contribution in [-0.4, -0.2) is 12.5 Å². The highest BCUT2D eigenvalue weighted by Crippen LogP contribution is 2.31. The fraction of sp³-hybridized carbons (Fsp3) is 0.120. The lowest BCUT2D eigenvalue weighted by atomic mass is 10.1. The molecule has 1 N–H and O–H groups in total. The second-order valence-electron chi connectivity index (χ2n) is 6.77. The molecule has 8 heteroatoms. The maximum absolute atomic E-state index is 12.6. The first-order valence-electron chi connectivity index (χ1n) is 9.92. The highest BCUT2D eigenvalue weighted by Gasteiger charge is 2.13. The topological polar surface area (TPSA) is 71.3 Å². The first-order chi connectivity index (χ1) is 15.9. The number of anilines is 1. The van der Waals surface area contributed by atoms with E-state index in [-0.39, 0.29) is 12.2 Å². The van der Waals surface area contributed by atoms with Gasteiger partial charge >= 0.3 is 0 Å². The van der Waals surface area contributed by atoms with Crippen LogP contribution in [0.2, 0.25) is 15.1 Å². The second-order valence-corrected chi connectivity index (χ2v) is 7.99. The Kier molecular flexibility index (Phi) is 8.62. The molecule has 5 nitrogen and oxygen atoms in total. The van der Waals surface area contributed by atoms with Gasteiger partial charge in [0.15, 0.2) is 11.5 Å². The summed E-state index contributed by atoms with van der Waals surface area (Å²) in [5.41, 5.74) is 1.78. The van der Waals surface area contributed by atoms with Gasteiger partial charge in [0.25, 0.3) is 5.91 Å². The maximum Gasteiger partial charge on any atom is 0.266 e. The molecule has 168 valence electrons. The van der Waals surface area contributed by atoms with Crippen LogP contribution in [-0.2, 0) is 11.4 Å². The lowest BCUT2D eigenvalue weighted by molar-refractivity contribution is -0.112. The van der Waals surface area contributed by atoms with Gasteiger partial charge in [0.2, 0.25) is 0 Å². The molecular weight excluding hydrogens is 483 g/mol. The average molecular weight is 502 g/mol. The summed E-state index contributed by atoms with van der Waals surface area (Å²) in [5, 5.41) is 13.4. The van der Waals surface area contributed by atoms with Crippen LogP contribution in [0.25, 0.3) is 6.08 Å². The molecule has 0 aliphatic carbocycles. The number of rotatable bonds is 8. The summed E-state index contributed by atoms with van der Waals surface area (Å²) in [5.74, 6) is 0.432. The molecule has 3 rings (SSSR count). The van der Waals surface area contributed by atoms with Crippen LogP contribution in [0.15, 0.2) is 66.2 Å². The van der Waals surface area contributed by atoms with Gasteiger partial charge in [-0.1, -0.05) is 59.1 Å². The number of hydrogen-bond acceptors (Lipinski definition) is 4. The molecule has 0 saturated carbocycles. The number of nitrogens with one attached hydrogen (secondary N) is 1. The second kappa shape index (κ2) is 11.6. The first kappa shape index (κ1) is 24.5. The van der Waals surface area contributed by atoms with Crippen molar-refractivity contribution in [3.05, 3.63) is 92.4 Å². The fourth-order valence-electron chi connectivity index (χ4n) is 2.86. The zero-order valence-electron chi connectivity index (χ0n) is 17.6. The quantitative estimate of drug-likeness (QED) is 0.262. The standard InChI is InChI=1S/C25H19Cl3N2O3/c1-2-32-24-12-16(7-10-23(24)33-15-17-5-3-4-6-20(17)26)11-18(14-29)25(31)30-19-8-9-21(27)22(28)13-19/h3-13H,2,15H2,1H3,(H,30,31)/b18-11+. The zero-order valence-corrected chi connectivity index (χ0v) is 19.8. The van der Waals surface area contributed by atoms with Crippen LogP contribution in [0.5, 0.6) is 11.5 Å². The van der Waals surface area contributed by atoms with E-state index in [1.165, 1.54) is 12.1 Å². The van der Waals surface area contributed by atoms with E-state index >= 15 is 0 Å². The van der Waals surface area contributed by atoms with Gasteiger partial charge in [-0.15, -0.1) is 0 Å². The van der Waals surface area contributed by atoms with Gasteiger partial charge in [-0.25, -0.2) is 0 Å². The fourth-order valence-corrected chi connectivity index (χ4v) is 3.35. The van der Waals surface area contributed by atoms with Gasteiger partial charge in [0.1, 0.15) is 18.2 Å². The minimum absolute atomic E-state index is 0.0896. The molecular formula is C25H19Cl3N2O3. The van der Waals surface area contributed by atoms with Gasteiger partial charge in [0.05, 0.1) is 16.7 Å². The van der Waals surface area contributed by atoms with Gasteiger partial charge in [0, 0.05) is 16.3 Å². The lowest BCUT2D eigenvalue weighted by Gasteiger charge is -2.13. The molecule has 33 heavy (non-hydrogen) atoms. The van der Waals surface area contributed by atoms with Crippen LogP contribution in [0.3, 0.4) is 0 Å². The summed E-state index contributed by atoms with van der Waals surface area (Å²) in [6.45, 7) is 2.54. The highest BCUT2D eigenvalue weighted by molar-refractivity contribution is 6.42. The summed E-state index contributed by atoms with van der Waals surface area (Å²) in [7, 11) is 0. The molecule has 0 aliphatic rings. The number of ether oxygens (including phenoxy) is 2. The third-order valence-corrected chi connectivity index (χ3v) is 5.57. The largest absolute Gasteiger partial charge is 0.490 e. The zero-order chi connectivity index (χ0) is 23.8. The van der Waals surface area contributed by atoms with Crippen LogP contribution in [0, 0.1) is 11.3 Å². The van der Waals surface area contributed by atoms with Gasteiger partial charge in [-0.2, -0.15) is 5.26 Å². The van der Waals surface area contributed by atoms with Gasteiger partial charge < -0.3 is 14.8 Å². The van der Waals surface area contributed by atoms with E-state index in [1.54, 1.807) is 36.4 Å². The highest BCUT2D eigenvalue weighted by atomic mass is 35.5. The summed E-state index contributed by atoms with van der Waals surface area (Å²) in [6, 6.07) is 19.2. The Balaban J connectivity index is 1.79. The molecule has 0 aromatic heterocycles. The molecule has 0 spiro atoms. The third-order valence-electron chi connectivity index (χ3n) is 4.46. The van der Waals surface area contributed by atoms with Gasteiger partial charge in [-0.05, 0) is 55.0 Å². The Morgan fingerprint density at radius 2 is 1.76 bits per heavy atom. The van der Waals surface area contributed by atoms with Crippen molar-refractivity contribution in [3.8, 4) is 17.6 Å². The van der Waals surface area contributed by atoms with Crippen molar-refractivity contribution in [2.45, 2.75) is 13.5 Å². The van der Waals surface area contributed by atoms with E-state index in [0.29, 0.717) is 44.4 Å². The van der Waals surface area contributed by atoms with Crippen molar-refractivity contribution in [1.29, 1.82) is 5.26 Å². The summed E-state index contributed by atoms with van der Waals surface area (Å²) in [6.07, 6.45) is 1.47. The Morgan fingerprint density at radius 1 is 0.970 bits per heavy atom. The normalized spacial score (nSPS) is 10.9. The van der Waals surface area contributed by atoms with E-state index in [1.807, 2.05) is 31.2 Å². The van der Waals surface area contributed by atoms with Crippen molar-refractivity contribution in [2.75, 3.05) is 11.9 Å². The summed E-state index contributed by atoms with van der Waals surface area (Å²) >= 11 is 18.1. The molecule has 3 aromatic rings. The Labute approximate surface area is 207 Å². The molecule has 3 aromatic carbocycles. The predicted octanol–water partition coefficient (Wildman–Crippen LogP) is 7.17. The molecule has 0 bridgehead atoms. The SMILES string of the molecule is CCOc1cc(/C=C(\C#N)C(=O)Nc2ccc(Cl)c(Cl)c2)ccc1OCc1ccccc1Cl. The average Bonchev–Trinajstić information content (AvgIpc) is 2.80. The number of halogens is 3. The smallest absolute Gasteiger partial charge is 0.266 e. The van der Waals surface area contributed by atoms with Crippen molar-refractivity contribution in [1.82, 2.24) is 0 Å². The molecule has 0 radical (unpaired) electrons. The number of nitriles is 1. The molecule has 1 amide bonds. The Morgan fingerprint density at radius 3 is 2.45 bits per heavy atom. The van der Waals surface area contributed by atoms with Crippen molar-refractivity contribution < 1.29 is 14.3 Å². The lowest BCUT2D eigenvalue weighted by Crippen LogP contribution is -2.13. The summed E-state index contributed by atoms with van der Waals surface area (Å²) in [4.78, 5) is 12.6. The molecule has 0 unspecified atom stereocenters. The van der Waals surface area contributed by atoms with E-state index in [0.717, 1.165) is 5.56 Å². The number of amides is 1.